The summed E-state index contributed by atoms with van der Waals surface area (Å²) in [6.07, 6.45) is 1.02. The van der Waals surface area contributed by atoms with Crippen LogP contribution in [0.15, 0.2) is 57.7 Å². The van der Waals surface area contributed by atoms with Gasteiger partial charge in [-0.25, -0.2) is 9.59 Å². The Balaban J connectivity index is 1.55. The summed E-state index contributed by atoms with van der Waals surface area (Å²) in [6, 6.07) is 14.3. The minimum Gasteiger partial charge on any atom is -0.445 e. The number of hydrogen-bond acceptors (Lipinski definition) is 6. The highest BCUT2D eigenvalue weighted by atomic mass is 16.5. The molecule has 7 nitrogen and oxygen atoms in total. The van der Waals surface area contributed by atoms with Crippen LogP contribution in [0, 0.1) is 6.92 Å². The Kier molecular flexibility index (Phi) is 7.43. The third-order valence-electron chi connectivity index (χ3n) is 4.75. The summed E-state index contributed by atoms with van der Waals surface area (Å²) in [6.45, 7) is 4.01. The van der Waals surface area contributed by atoms with Gasteiger partial charge in [-0.2, -0.15) is 0 Å². The van der Waals surface area contributed by atoms with Gasteiger partial charge < -0.3 is 19.2 Å². The van der Waals surface area contributed by atoms with Crippen molar-refractivity contribution in [2.75, 3.05) is 6.54 Å². The van der Waals surface area contributed by atoms with Gasteiger partial charge in [0.2, 0.25) is 0 Å². The van der Waals surface area contributed by atoms with Crippen LogP contribution in [0.2, 0.25) is 0 Å². The predicted octanol–water partition coefficient (Wildman–Crippen LogP) is 4.28. The number of fused-ring (bicyclic) bond motifs is 1. The van der Waals surface area contributed by atoms with E-state index in [0.29, 0.717) is 16.9 Å². The molecule has 3 rings (SSSR count). The van der Waals surface area contributed by atoms with Crippen molar-refractivity contribution >= 4 is 23.0 Å². The van der Waals surface area contributed by atoms with Gasteiger partial charge in [-0.3, -0.25) is 4.79 Å². The number of carbonyl (C=O) groups is 2. The van der Waals surface area contributed by atoms with Gasteiger partial charge in [0.1, 0.15) is 17.9 Å². The minimum absolute atomic E-state index is 0.0300. The quantitative estimate of drug-likeness (QED) is 0.330. The van der Waals surface area contributed by atoms with E-state index in [-0.39, 0.29) is 19.6 Å². The van der Waals surface area contributed by atoms with Gasteiger partial charge in [0.25, 0.3) is 0 Å². The van der Waals surface area contributed by atoms with E-state index >= 15 is 0 Å². The molecule has 0 saturated heterocycles. The number of nitrogens with one attached hydrogen (secondary N) is 1. The first-order valence-electron chi connectivity index (χ1n) is 10.2. The third kappa shape index (κ3) is 5.94. The van der Waals surface area contributed by atoms with Gasteiger partial charge in [0.05, 0.1) is 6.42 Å². The molecule has 0 aliphatic carbocycles. The number of ether oxygens (including phenoxy) is 2. The van der Waals surface area contributed by atoms with Crippen LogP contribution in [0.4, 0.5) is 4.79 Å². The van der Waals surface area contributed by atoms with E-state index in [1.807, 2.05) is 37.3 Å². The molecule has 7 heteroatoms. The van der Waals surface area contributed by atoms with Crippen molar-refractivity contribution in [1.82, 2.24) is 5.32 Å². The second-order valence-electron chi connectivity index (χ2n) is 7.12. The molecule has 1 aromatic heterocycles. The molecule has 3 aromatic rings. The fourth-order valence-electron chi connectivity index (χ4n) is 3.21. The lowest BCUT2D eigenvalue weighted by atomic mass is 10.0. The summed E-state index contributed by atoms with van der Waals surface area (Å²) >= 11 is 0. The Morgan fingerprint density at radius 3 is 2.61 bits per heavy atom. The highest BCUT2D eigenvalue weighted by Gasteiger charge is 2.14. The smallest absolute Gasteiger partial charge is 0.407 e. The second kappa shape index (κ2) is 10.4. The summed E-state index contributed by atoms with van der Waals surface area (Å²) in [5, 5.41) is 3.36. The highest BCUT2D eigenvalue weighted by molar-refractivity contribution is 5.86. The van der Waals surface area contributed by atoms with Gasteiger partial charge in [-0.1, -0.05) is 43.7 Å². The van der Waals surface area contributed by atoms with Gasteiger partial charge >= 0.3 is 17.7 Å². The Labute approximate surface area is 180 Å². The second-order valence-corrected chi connectivity index (χ2v) is 7.12. The maximum Gasteiger partial charge on any atom is 0.407 e. The maximum absolute atomic E-state index is 12.2. The molecule has 0 spiro atoms. The Morgan fingerprint density at radius 2 is 1.87 bits per heavy atom. The summed E-state index contributed by atoms with van der Waals surface area (Å²) in [4.78, 5) is 35.8. The Bertz CT molecular complexity index is 1120. The summed E-state index contributed by atoms with van der Waals surface area (Å²) < 4.78 is 15.9. The molecule has 1 heterocycles. The summed E-state index contributed by atoms with van der Waals surface area (Å²) in [5.74, 6) is -0.196. The van der Waals surface area contributed by atoms with Gasteiger partial charge in [0, 0.05) is 23.6 Å². The average molecular weight is 423 g/mol. The molecule has 162 valence electrons. The first-order chi connectivity index (χ1) is 15.0. The van der Waals surface area contributed by atoms with Crippen molar-refractivity contribution in [1.29, 1.82) is 0 Å². The molecule has 0 aliphatic heterocycles. The van der Waals surface area contributed by atoms with E-state index in [4.69, 9.17) is 13.9 Å². The minimum atomic E-state index is -0.608. The van der Waals surface area contributed by atoms with Crippen LogP contribution in [-0.4, -0.2) is 18.6 Å². The summed E-state index contributed by atoms with van der Waals surface area (Å²) in [7, 11) is 0. The van der Waals surface area contributed by atoms with E-state index in [9.17, 15) is 14.4 Å². The number of rotatable bonds is 8. The van der Waals surface area contributed by atoms with Crippen LogP contribution in [-0.2, 0) is 22.6 Å². The van der Waals surface area contributed by atoms with Crippen LogP contribution in [0.25, 0.3) is 11.0 Å². The number of esters is 1. The average Bonchev–Trinajstić information content (AvgIpc) is 2.75. The van der Waals surface area contributed by atoms with Crippen LogP contribution in [0.3, 0.4) is 0 Å². The molecular formula is C24H25NO6. The van der Waals surface area contributed by atoms with E-state index in [1.54, 1.807) is 19.1 Å². The number of aryl methyl sites for hydroxylation is 2. The fraction of sp³-hybridized carbons (Fsp3) is 0.292. The van der Waals surface area contributed by atoms with Crippen molar-refractivity contribution < 1.29 is 23.5 Å². The predicted molar refractivity (Wildman–Crippen MR) is 116 cm³/mol. The van der Waals surface area contributed by atoms with E-state index in [2.05, 4.69) is 5.32 Å². The maximum atomic E-state index is 12.2. The zero-order chi connectivity index (χ0) is 22.2. The third-order valence-corrected chi connectivity index (χ3v) is 4.75. The topological polar surface area (TPSA) is 94.8 Å². The van der Waals surface area contributed by atoms with Crippen molar-refractivity contribution in [2.45, 2.75) is 39.7 Å². The number of carbonyl (C=O) groups excluding carboxylic acids is 2. The monoisotopic (exact) mass is 423 g/mol. The summed E-state index contributed by atoms with van der Waals surface area (Å²) in [5.41, 5.74) is 2.35. The zero-order valence-electron chi connectivity index (χ0n) is 17.6. The lowest BCUT2D eigenvalue weighted by Crippen LogP contribution is -2.27. The molecule has 0 atom stereocenters. The van der Waals surface area contributed by atoms with E-state index in [1.165, 1.54) is 6.07 Å². The molecule has 31 heavy (non-hydrogen) atoms. The van der Waals surface area contributed by atoms with E-state index < -0.39 is 17.7 Å². The van der Waals surface area contributed by atoms with Crippen molar-refractivity contribution in [3.8, 4) is 5.75 Å². The molecular weight excluding hydrogens is 398 g/mol. The van der Waals surface area contributed by atoms with Gasteiger partial charge in [-0.15, -0.1) is 0 Å². The lowest BCUT2D eigenvalue weighted by molar-refractivity contribution is -0.134. The van der Waals surface area contributed by atoms with Crippen molar-refractivity contribution in [2.24, 2.45) is 0 Å². The molecule has 0 fully saturated rings. The number of amides is 1. The van der Waals surface area contributed by atoms with Gasteiger partial charge in [-0.05, 0) is 36.6 Å². The molecule has 0 aliphatic rings. The molecule has 1 amide bonds. The molecule has 2 aromatic carbocycles. The van der Waals surface area contributed by atoms with Crippen molar-refractivity contribution in [3.63, 3.8) is 0 Å². The number of benzene rings is 2. The zero-order valence-corrected chi connectivity index (χ0v) is 17.6. The Morgan fingerprint density at radius 1 is 1.10 bits per heavy atom. The number of alkyl carbamates (subject to hydrolysis) is 1. The van der Waals surface area contributed by atoms with Crippen LogP contribution in [0.1, 0.15) is 36.5 Å². The van der Waals surface area contributed by atoms with Crippen LogP contribution < -0.4 is 15.7 Å². The lowest BCUT2D eigenvalue weighted by Gasteiger charge is -2.11. The highest BCUT2D eigenvalue weighted by Crippen LogP contribution is 2.29. The molecule has 0 radical (unpaired) electrons. The van der Waals surface area contributed by atoms with E-state index in [0.717, 1.165) is 29.4 Å². The SMILES string of the molecule is CCCc1cc(=O)oc2c(C)c(OC(=O)CCNC(=O)OCc3ccccc3)ccc12. The standard InChI is InChI=1S/C24H25NO6/c1-3-7-18-14-22(27)31-23-16(2)20(11-10-19(18)23)30-21(26)12-13-25-24(28)29-15-17-8-5-4-6-9-17/h4-6,8-11,14H,3,7,12-13,15H2,1-2H3,(H,25,28). The first-order valence-corrected chi connectivity index (χ1v) is 10.2. The normalized spacial score (nSPS) is 10.6. The fourth-order valence-corrected chi connectivity index (χ4v) is 3.21. The molecule has 1 N–H and O–H groups in total. The molecule has 0 unspecified atom stereocenters. The van der Waals surface area contributed by atoms with Crippen LogP contribution >= 0.6 is 0 Å². The van der Waals surface area contributed by atoms with Crippen LogP contribution in [0.5, 0.6) is 5.75 Å². The molecule has 0 bridgehead atoms. The van der Waals surface area contributed by atoms with Crippen molar-refractivity contribution in [3.05, 3.63) is 75.6 Å². The molecule has 0 saturated carbocycles. The number of hydrogen-bond donors (Lipinski definition) is 1. The first kappa shape index (κ1) is 22.1. The Hall–Kier alpha value is -3.61. The largest absolute Gasteiger partial charge is 0.445 e. The van der Waals surface area contributed by atoms with Gasteiger partial charge in [0.15, 0.2) is 0 Å².